The van der Waals surface area contributed by atoms with Crippen molar-refractivity contribution in [3.63, 3.8) is 0 Å². The van der Waals surface area contributed by atoms with Crippen LogP contribution in [0.4, 0.5) is 0 Å². The average Bonchev–Trinajstić information content (AvgIpc) is 3.19. The number of likely N-dealkylation sites (tertiary alicyclic amines) is 1. The van der Waals surface area contributed by atoms with Crippen molar-refractivity contribution in [1.29, 1.82) is 0 Å². The zero-order valence-corrected chi connectivity index (χ0v) is 21.3. The largest absolute Gasteiger partial charge is 0.382 e. The van der Waals surface area contributed by atoms with Gasteiger partial charge in [0, 0.05) is 11.6 Å². The number of rotatable bonds is 11. The number of allylic oxidation sites excluding steroid dienone is 1. The molecule has 2 heteroatoms. The van der Waals surface area contributed by atoms with Crippen LogP contribution in [0.2, 0.25) is 0 Å². The second kappa shape index (κ2) is 11.7. The Balaban J connectivity index is 1.35. The van der Waals surface area contributed by atoms with Crippen LogP contribution in [0.3, 0.4) is 0 Å². The molecule has 0 saturated carbocycles. The maximum atomic E-state index is 4.49. The molecule has 0 amide bonds. The highest BCUT2D eigenvalue weighted by Gasteiger charge is 2.30. The molecule has 0 bridgehead atoms. The lowest BCUT2D eigenvalue weighted by atomic mass is 9.86. The van der Waals surface area contributed by atoms with Crippen molar-refractivity contribution in [2.24, 2.45) is 5.92 Å². The van der Waals surface area contributed by atoms with Crippen LogP contribution in [-0.4, -0.2) is 30.6 Å². The minimum atomic E-state index is 0.275. The van der Waals surface area contributed by atoms with Crippen molar-refractivity contribution >= 4 is 0 Å². The molecule has 2 unspecified atom stereocenters. The molecule has 1 N–H and O–H groups in total. The van der Waals surface area contributed by atoms with Gasteiger partial charge in [-0.15, -0.1) is 5.73 Å². The van der Waals surface area contributed by atoms with Gasteiger partial charge in [-0.1, -0.05) is 75.0 Å². The summed E-state index contributed by atoms with van der Waals surface area (Å²) < 4.78 is 0. The molecule has 4 rings (SSSR count). The SMILES string of the molecule is C=C=C(C)C(CCCCN1CCCCC1)NC(=C)C(C)CC1c2ccccc2-c2ccccc21. The maximum absolute atomic E-state index is 4.49. The number of hydrogen-bond acceptors (Lipinski definition) is 2. The molecule has 2 aromatic carbocycles. The first-order valence-corrected chi connectivity index (χ1v) is 13.3. The van der Waals surface area contributed by atoms with Crippen LogP contribution >= 0.6 is 0 Å². The number of benzene rings is 2. The Morgan fingerprint density at radius 1 is 1.00 bits per heavy atom. The minimum absolute atomic E-state index is 0.275. The Morgan fingerprint density at radius 2 is 1.62 bits per heavy atom. The van der Waals surface area contributed by atoms with E-state index in [9.17, 15) is 0 Å². The summed E-state index contributed by atoms with van der Waals surface area (Å²) in [6.07, 6.45) is 8.82. The number of nitrogens with one attached hydrogen (secondary N) is 1. The molecule has 34 heavy (non-hydrogen) atoms. The topological polar surface area (TPSA) is 15.3 Å². The van der Waals surface area contributed by atoms with E-state index in [1.807, 2.05) is 0 Å². The van der Waals surface area contributed by atoms with E-state index < -0.39 is 0 Å². The molecule has 1 heterocycles. The van der Waals surface area contributed by atoms with Crippen molar-refractivity contribution in [3.05, 3.63) is 89.8 Å². The summed E-state index contributed by atoms with van der Waals surface area (Å²) in [5.74, 6) is 0.803. The zero-order chi connectivity index (χ0) is 23.9. The summed E-state index contributed by atoms with van der Waals surface area (Å²) in [7, 11) is 0. The van der Waals surface area contributed by atoms with Crippen molar-refractivity contribution in [3.8, 4) is 11.1 Å². The molecular weight excluding hydrogens is 412 g/mol. The lowest BCUT2D eigenvalue weighted by molar-refractivity contribution is 0.223. The first-order chi connectivity index (χ1) is 16.6. The van der Waals surface area contributed by atoms with E-state index in [-0.39, 0.29) is 6.04 Å². The Hall–Kier alpha value is -2.54. The van der Waals surface area contributed by atoms with Gasteiger partial charge in [0.1, 0.15) is 0 Å². The Bertz CT molecular complexity index is 977. The summed E-state index contributed by atoms with van der Waals surface area (Å²) in [6, 6.07) is 18.1. The lowest BCUT2D eigenvalue weighted by Gasteiger charge is -2.28. The van der Waals surface area contributed by atoms with Gasteiger partial charge in [-0.2, -0.15) is 0 Å². The third-order valence-electron chi connectivity index (χ3n) is 7.97. The summed E-state index contributed by atoms with van der Waals surface area (Å²) in [6.45, 7) is 16.7. The molecule has 0 radical (unpaired) electrons. The molecule has 2 aliphatic rings. The molecule has 180 valence electrons. The molecule has 1 fully saturated rings. The van der Waals surface area contributed by atoms with Crippen LogP contribution in [0.5, 0.6) is 0 Å². The van der Waals surface area contributed by atoms with Crippen molar-refractivity contribution < 1.29 is 0 Å². The number of hydrogen-bond donors (Lipinski definition) is 1. The van der Waals surface area contributed by atoms with Crippen molar-refractivity contribution in [2.75, 3.05) is 19.6 Å². The lowest BCUT2D eigenvalue weighted by Crippen LogP contribution is -2.33. The fraction of sp³-hybridized carbons (Fsp3) is 0.469. The van der Waals surface area contributed by atoms with Crippen LogP contribution in [0.15, 0.2) is 78.7 Å². The molecule has 1 aliphatic heterocycles. The molecule has 1 aliphatic carbocycles. The van der Waals surface area contributed by atoms with Gasteiger partial charge in [-0.3, -0.25) is 0 Å². The van der Waals surface area contributed by atoms with Crippen LogP contribution in [0.1, 0.15) is 75.8 Å². The van der Waals surface area contributed by atoms with Gasteiger partial charge in [-0.05, 0) is 98.8 Å². The number of unbranched alkanes of at least 4 members (excludes halogenated alkanes) is 1. The molecule has 0 spiro atoms. The summed E-state index contributed by atoms with van der Waals surface area (Å²) in [4.78, 5) is 2.64. The second-order valence-corrected chi connectivity index (χ2v) is 10.3. The van der Waals surface area contributed by atoms with Crippen LogP contribution in [-0.2, 0) is 0 Å². The van der Waals surface area contributed by atoms with Gasteiger partial charge < -0.3 is 10.2 Å². The maximum Gasteiger partial charge on any atom is 0.0541 e. The van der Waals surface area contributed by atoms with Crippen LogP contribution in [0, 0.1) is 5.92 Å². The molecule has 1 saturated heterocycles. The fourth-order valence-corrected chi connectivity index (χ4v) is 5.76. The first-order valence-electron chi connectivity index (χ1n) is 13.3. The Kier molecular flexibility index (Phi) is 8.48. The van der Waals surface area contributed by atoms with E-state index in [0.29, 0.717) is 11.8 Å². The predicted molar refractivity (Wildman–Crippen MR) is 146 cm³/mol. The third-order valence-corrected chi connectivity index (χ3v) is 7.97. The van der Waals surface area contributed by atoms with Gasteiger partial charge in [-0.25, -0.2) is 0 Å². The van der Waals surface area contributed by atoms with E-state index in [0.717, 1.165) is 18.5 Å². The van der Waals surface area contributed by atoms with Crippen molar-refractivity contribution in [2.45, 2.75) is 70.8 Å². The zero-order valence-electron chi connectivity index (χ0n) is 21.3. The Labute approximate surface area is 207 Å². The van der Waals surface area contributed by atoms with Gasteiger partial charge >= 0.3 is 0 Å². The molecule has 2 atom stereocenters. The normalized spacial score (nSPS) is 17.4. The summed E-state index contributed by atoms with van der Waals surface area (Å²) in [5, 5.41) is 3.78. The standard InChI is InChI=1S/C32H42N2/c1-5-24(2)32(19-11-14-22-34-20-12-6-13-21-34)33-26(4)25(3)23-31-29-17-9-7-15-27(29)28-16-8-10-18-30(28)31/h7-10,15-18,25,31-33H,1,4,6,11-14,19-23H2,2-3H3. The van der Waals surface area contributed by atoms with Gasteiger partial charge in [0.15, 0.2) is 0 Å². The van der Waals surface area contributed by atoms with E-state index in [4.69, 9.17) is 0 Å². The van der Waals surface area contributed by atoms with Crippen LogP contribution < -0.4 is 5.32 Å². The molecular formula is C32H42N2. The highest BCUT2D eigenvalue weighted by atomic mass is 15.1. The molecule has 2 nitrogen and oxygen atoms in total. The average molecular weight is 455 g/mol. The Morgan fingerprint density at radius 3 is 2.24 bits per heavy atom. The quantitative estimate of drug-likeness (QED) is 0.277. The van der Waals surface area contributed by atoms with Crippen LogP contribution in [0.25, 0.3) is 11.1 Å². The van der Waals surface area contributed by atoms with E-state index in [2.05, 4.69) is 91.5 Å². The van der Waals surface area contributed by atoms with Crippen molar-refractivity contribution in [1.82, 2.24) is 10.2 Å². The van der Waals surface area contributed by atoms with Gasteiger partial charge in [0.25, 0.3) is 0 Å². The van der Waals surface area contributed by atoms with E-state index >= 15 is 0 Å². The van der Waals surface area contributed by atoms with Gasteiger partial charge in [0.05, 0.1) is 6.04 Å². The number of nitrogens with zero attached hydrogens (tertiary/aromatic N) is 1. The number of fused-ring (bicyclic) bond motifs is 3. The second-order valence-electron chi connectivity index (χ2n) is 10.3. The predicted octanol–water partition coefficient (Wildman–Crippen LogP) is 7.68. The van der Waals surface area contributed by atoms with E-state index in [1.165, 1.54) is 79.6 Å². The fourth-order valence-electron chi connectivity index (χ4n) is 5.76. The highest BCUT2D eigenvalue weighted by molar-refractivity contribution is 5.78. The number of piperidine rings is 1. The molecule has 2 aromatic rings. The van der Waals surface area contributed by atoms with Gasteiger partial charge in [0.2, 0.25) is 0 Å². The monoisotopic (exact) mass is 454 g/mol. The molecule has 0 aromatic heterocycles. The third kappa shape index (κ3) is 5.74. The first kappa shape index (κ1) is 24.6. The van der Waals surface area contributed by atoms with E-state index in [1.54, 1.807) is 0 Å². The minimum Gasteiger partial charge on any atom is -0.382 e. The summed E-state index contributed by atoms with van der Waals surface area (Å²) >= 11 is 0. The highest BCUT2D eigenvalue weighted by Crippen LogP contribution is 2.47. The summed E-state index contributed by atoms with van der Waals surface area (Å²) in [5.41, 5.74) is 11.2. The smallest absolute Gasteiger partial charge is 0.0541 e.